The zero-order chi connectivity index (χ0) is 21.8. The molecule has 1 aliphatic carbocycles. The largest absolute Gasteiger partial charge is 0.378 e. The van der Waals surface area contributed by atoms with Crippen molar-refractivity contribution in [1.29, 1.82) is 0 Å². The molecule has 0 spiro atoms. The highest BCUT2D eigenvalue weighted by atomic mass is 19.3. The Morgan fingerprint density at radius 3 is 2.71 bits per heavy atom. The molecule has 1 saturated carbocycles. The lowest BCUT2D eigenvalue weighted by molar-refractivity contribution is -0.121. The van der Waals surface area contributed by atoms with Gasteiger partial charge in [-0.05, 0) is 73.2 Å². The van der Waals surface area contributed by atoms with E-state index >= 15 is 0 Å². The lowest BCUT2D eigenvalue weighted by Crippen LogP contribution is -2.39. The first-order valence-electron chi connectivity index (χ1n) is 11.3. The number of nitrogens with two attached hydrogens (primary N) is 1. The van der Waals surface area contributed by atoms with Crippen LogP contribution in [0.15, 0.2) is 48.5 Å². The van der Waals surface area contributed by atoms with E-state index in [0.29, 0.717) is 37.8 Å². The smallest absolute Gasteiger partial charge is 0.263 e. The fraction of sp³-hybridized carbons (Fsp3) is 0.480. The van der Waals surface area contributed by atoms with Crippen LogP contribution in [0.1, 0.15) is 67.2 Å². The summed E-state index contributed by atoms with van der Waals surface area (Å²) in [7, 11) is 0. The van der Waals surface area contributed by atoms with Crippen molar-refractivity contribution in [3.63, 3.8) is 0 Å². The molecule has 4 N–H and O–H groups in total. The van der Waals surface area contributed by atoms with E-state index in [4.69, 9.17) is 5.73 Å². The van der Waals surface area contributed by atoms with Crippen molar-refractivity contribution in [3.05, 3.63) is 65.2 Å². The summed E-state index contributed by atoms with van der Waals surface area (Å²) in [5.41, 5.74) is 8.74. The van der Waals surface area contributed by atoms with Crippen molar-refractivity contribution in [1.82, 2.24) is 5.32 Å². The molecular formula is C25H31F2N3O. The van der Waals surface area contributed by atoms with Gasteiger partial charge >= 0.3 is 0 Å². The fourth-order valence-corrected chi connectivity index (χ4v) is 5.25. The highest BCUT2D eigenvalue weighted by Crippen LogP contribution is 2.52. The minimum atomic E-state index is -2.48. The molecule has 31 heavy (non-hydrogen) atoms. The zero-order valence-corrected chi connectivity index (χ0v) is 17.7. The van der Waals surface area contributed by atoms with E-state index in [-0.39, 0.29) is 23.4 Å². The van der Waals surface area contributed by atoms with Gasteiger partial charge < -0.3 is 16.4 Å². The fourth-order valence-electron chi connectivity index (χ4n) is 5.25. The number of fused-ring (bicyclic) bond motifs is 3. The van der Waals surface area contributed by atoms with Crippen molar-refractivity contribution in [3.8, 4) is 0 Å². The Bertz CT molecular complexity index is 890. The average molecular weight is 428 g/mol. The maximum Gasteiger partial charge on any atom is 0.263 e. The number of rotatable bonds is 7. The quantitative estimate of drug-likeness (QED) is 0.573. The van der Waals surface area contributed by atoms with E-state index in [1.165, 1.54) is 11.6 Å². The standard InChI is InChI=1S/C25H31F2N3O/c26-25(27)18-9-11-22-21(14-18)20-13-16(15-29-23(31)7-4-12-28)8-10-19(20)24(30-22)17-5-2-1-3-6-17/h1-3,5-6,9,11,14,16,19-20,24-25,30H,4,7-8,10,12-13,15,28H2,(H,29,31)/t16?,19?,20?,24-/m0/s1. The zero-order valence-electron chi connectivity index (χ0n) is 17.7. The third kappa shape index (κ3) is 4.90. The van der Waals surface area contributed by atoms with E-state index in [9.17, 15) is 13.6 Å². The summed E-state index contributed by atoms with van der Waals surface area (Å²) in [5, 5.41) is 6.69. The van der Waals surface area contributed by atoms with Gasteiger partial charge in [-0.15, -0.1) is 0 Å². The third-order valence-corrected chi connectivity index (χ3v) is 6.83. The predicted octanol–water partition coefficient (Wildman–Crippen LogP) is 5.15. The summed E-state index contributed by atoms with van der Waals surface area (Å²) < 4.78 is 26.8. The van der Waals surface area contributed by atoms with Crippen LogP contribution in [-0.2, 0) is 4.79 Å². The number of hydrogen-bond acceptors (Lipinski definition) is 3. The number of hydrogen-bond donors (Lipinski definition) is 3. The van der Waals surface area contributed by atoms with E-state index in [0.717, 1.165) is 30.5 Å². The Balaban J connectivity index is 1.57. The van der Waals surface area contributed by atoms with Crippen LogP contribution in [-0.4, -0.2) is 19.0 Å². The molecule has 1 heterocycles. The van der Waals surface area contributed by atoms with E-state index in [1.54, 1.807) is 12.1 Å². The highest BCUT2D eigenvalue weighted by molar-refractivity contribution is 5.75. The number of nitrogens with one attached hydrogen (secondary N) is 2. The first kappa shape index (κ1) is 21.8. The van der Waals surface area contributed by atoms with Gasteiger partial charge in [-0.2, -0.15) is 0 Å². The Kier molecular flexibility index (Phi) is 6.86. The van der Waals surface area contributed by atoms with Crippen molar-refractivity contribution < 1.29 is 13.6 Å². The molecule has 1 aliphatic heterocycles. The summed E-state index contributed by atoms with van der Waals surface area (Å²) in [4.78, 5) is 12.0. The van der Waals surface area contributed by atoms with Gasteiger partial charge in [0, 0.05) is 24.2 Å². The molecule has 0 saturated heterocycles. The van der Waals surface area contributed by atoms with E-state index in [1.807, 2.05) is 18.2 Å². The van der Waals surface area contributed by atoms with Gasteiger partial charge in [0.15, 0.2) is 0 Å². The predicted molar refractivity (Wildman–Crippen MR) is 119 cm³/mol. The van der Waals surface area contributed by atoms with Gasteiger partial charge in [0.1, 0.15) is 0 Å². The monoisotopic (exact) mass is 427 g/mol. The molecule has 4 rings (SSSR count). The lowest BCUT2D eigenvalue weighted by Gasteiger charge is -2.46. The number of amides is 1. The Labute approximate surface area is 182 Å². The summed E-state index contributed by atoms with van der Waals surface area (Å²) in [6.07, 6.45) is 1.58. The minimum absolute atomic E-state index is 0.0421. The molecule has 4 atom stereocenters. The molecule has 1 amide bonds. The van der Waals surface area contributed by atoms with Crippen LogP contribution in [0.2, 0.25) is 0 Å². The molecule has 4 nitrogen and oxygen atoms in total. The third-order valence-electron chi connectivity index (χ3n) is 6.83. The Hall–Kier alpha value is -2.47. The van der Waals surface area contributed by atoms with Gasteiger partial charge in [0.2, 0.25) is 5.91 Å². The van der Waals surface area contributed by atoms with Gasteiger partial charge in [0.25, 0.3) is 6.43 Å². The maximum atomic E-state index is 13.4. The van der Waals surface area contributed by atoms with Gasteiger partial charge in [-0.3, -0.25) is 4.79 Å². The second-order valence-electron chi connectivity index (χ2n) is 8.83. The second-order valence-corrected chi connectivity index (χ2v) is 8.83. The molecule has 2 aromatic rings. The number of alkyl halides is 2. The topological polar surface area (TPSA) is 67.2 Å². The molecule has 6 heteroatoms. The van der Waals surface area contributed by atoms with Crippen molar-refractivity contribution in [2.45, 2.75) is 50.5 Å². The van der Waals surface area contributed by atoms with Crippen LogP contribution in [0.4, 0.5) is 14.5 Å². The Morgan fingerprint density at radius 1 is 1.16 bits per heavy atom. The molecular weight excluding hydrogens is 396 g/mol. The van der Waals surface area contributed by atoms with Gasteiger partial charge in [-0.25, -0.2) is 8.78 Å². The summed E-state index contributed by atoms with van der Waals surface area (Å²) in [5.74, 6) is 0.924. The molecule has 1 fully saturated rings. The first-order valence-corrected chi connectivity index (χ1v) is 11.3. The van der Waals surface area contributed by atoms with Crippen LogP contribution >= 0.6 is 0 Å². The Morgan fingerprint density at radius 2 is 1.97 bits per heavy atom. The van der Waals surface area contributed by atoms with E-state index < -0.39 is 6.43 Å². The van der Waals surface area contributed by atoms with Crippen LogP contribution in [0.5, 0.6) is 0 Å². The number of halogens is 2. The number of carbonyl (C=O) groups is 1. The number of carbonyl (C=O) groups excluding carboxylic acids is 1. The normalized spacial score (nSPS) is 24.8. The second kappa shape index (κ2) is 9.77. The minimum Gasteiger partial charge on any atom is -0.378 e. The molecule has 3 unspecified atom stereocenters. The van der Waals surface area contributed by atoms with Crippen molar-refractivity contribution in [2.24, 2.45) is 17.6 Å². The van der Waals surface area contributed by atoms with Crippen LogP contribution in [0.3, 0.4) is 0 Å². The molecule has 0 bridgehead atoms. The van der Waals surface area contributed by atoms with Crippen LogP contribution in [0, 0.1) is 11.8 Å². The van der Waals surface area contributed by atoms with Crippen LogP contribution in [0.25, 0.3) is 0 Å². The molecule has 0 aromatic heterocycles. The lowest BCUT2D eigenvalue weighted by atomic mass is 9.65. The highest BCUT2D eigenvalue weighted by Gasteiger charge is 2.41. The molecule has 166 valence electrons. The molecule has 2 aliphatic rings. The average Bonchev–Trinajstić information content (AvgIpc) is 2.80. The molecule has 0 radical (unpaired) electrons. The van der Waals surface area contributed by atoms with Crippen molar-refractivity contribution in [2.75, 3.05) is 18.4 Å². The number of anilines is 1. The van der Waals surface area contributed by atoms with Gasteiger partial charge in [-0.1, -0.05) is 36.4 Å². The van der Waals surface area contributed by atoms with Crippen molar-refractivity contribution >= 4 is 11.6 Å². The molecule has 2 aromatic carbocycles. The SMILES string of the molecule is NCCCC(=O)NCC1CCC2C(C1)c1cc(C(F)F)ccc1N[C@H]2c1ccccc1. The maximum absolute atomic E-state index is 13.4. The summed E-state index contributed by atoms with van der Waals surface area (Å²) >= 11 is 0. The van der Waals surface area contributed by atoms with E-state index in [2.05, 4.69) is 22.8 Å². The first-order chi connectivity index (χ1) is 15.1. The summed E-state index contributed by atoms with van der Waals surface area (Å²) in [6, 6.07) is 15.6. The summed E-state index contributed by atoms with van der Waals surface area (Å²) in [6.45, 7) is 1.15. The number of benzene rings is 2. The van der Waals surface area contributed by atoms with Gasteiger partial charge in [0.05, 0.1) is 6.04 Å². The van der Waals surface area contributed by atoms with Crippen LogP contribution < -0.4 is 16.4 Å².